The fraction of sp³-hybridized carbons (Fsp3) is 0.619. The second kappa shape index (κ2) is 11.4. The number of carbonyl (C=O) groups is 1. The highest BCUT2D eigenvalue weighted by molar-refractivity contribution is 5.80. The Kier molecular flexibility index (Phi) is 8.91. The first-order valence-corrected chi connectivity index (χ1v) is 10.2. The molecule has 1 amide bonds. The van der Waals surface area contributed by atoms with Gasteiger partial charge >= 0.3 is 0 Å². The summed E-state index contributed by atoms with van der Waals surface area (Å²) < 4.78 is 11.0. The second-order valence-corrected chi connectivity index (χ2v) is 7.07. The number of guanidine groups is 1. The number of carbonyl (C=O) groups excluding carboxylic acids is 1. The van der Waals surface area contributed by atoms with E-state index in [1.807, 2.05) is 25.1 Å². The molecule has 1 saturated heterocycles. The van der Waals surface area contributed by atoms with E-state index < -0.39 is 0 Å². The van der Waals surface area contributed by atoms with Crippen molar-refractivity contribution in [3.63, 3.8) is 0 Å². The standard InChI is InChI=1S/C21H34N4O3/c1-5-22-20(26)15-28-18-8-7-17(13-19(18)27-4)14-24-21(23-6-2)25-11-9-16(3)10-12-25/h7-8,13,16H,5-6,9-12,14-15H2,1-4H3,(H,22,26)(H,23,24). The first-order valence-electron chi connectivity index (χ1n) is 10.2. The minimum Gasteiger partial charge on any atom is -0.493 e. The number of nitrogens with zero attached hydrogens (tertiary/aromatic N) is 2. The van der Waals surface area contributed by atoms with Crippen LogP contribution in [0.1, 0.15) is 39.2 Å². The van der Waals surface area contributed by atoms with Gasteiger partial charge < -0.3 is 25.0 Å². The zero-order valence-electron chi connectivity index (χ0n) is 17.6. The van der Waals surface area contributed by atoms with Crippen LogP contribution >= 0.6 is 0 Å². The van der Waals surface area contributed by atoms with E-state index in [1.54, 1.807) is 7.11 Å². The lowest BCUT2D eigenvalue weighted by molar-refractivity contribution is -0.123. The molecule has 1 aliphatic rings. The highest BCUT2D eigenvalue weighted by Crippen LogP contribution is 2.28. The number of ether oxygens (including phenoxy) is 2. The maximum atomic E-state index is 11.6. The maximum Gasteiger partial charge on any atom is 0.257 e. The number of rotatable bonds is 8. The predicted molar refractivity (Wildman–Crippen MR) is 112 cm³/mol. The molecular formula is C21H34N4O3. The topological polar surface area (TPSA) is 75.2 Å². The number of nitrogens with one attached hydrogen (secondary N) is 2. The average Bonchev–Trinajstić information content (AvgIpc) is 2.70. The number of likely N-dealkylation sites (tertiary alicyclic amines) is 1. The van der Waals surface area contributed by atoms with Gasteiger partial charge in [-0.1, -0.05) is 13.0 Å². The Labute approximate surface area is 168 Å². The van der Waals surface area contributed by atoms with E-state index in [0.29, 0.717) is 24.6 Å². The van der Waals surface area contributed by atoms with Crippen molar-refractivity contribution in [2.24, 2.45) is 10.9 Å². The van der Waals surface area contributed by atoms with E-state index in [2.05, 4.69) is 29.4 Å². The van der Waals surface area contributed by atoms with Crippen LogP contribution in [0, 0.1) is 5.92 Å². The Bertz CT molecular complexity index is 655. The fourth-order valence-corrected chi connectivity index (χ4v) is 3.13. The lowest BCUT2D eigenvalue weighted by atomic mass is 10.00. The molecule has 0 saturated carbocycles. The first-order chi connectivity index (χ1) is 13.6. The molecule has 1 heterocycles. The number of amides is 1. The summed E-state index contributed by atoms with van der Waals surface area (Å²) in [6.45, 7) is 10.3. The number of aliphatic imine (C=N–C) groups is 1. The highest BCUT2D eigenvalue weighted by atomic mass is 16.5. The number of piperidine rings is 1. The zero-order chi connectivity index (χ0) is 20.4. The average molecular weight is 391 g/mol. The van der Waals surface area contributed by atoms with Crippen molar-refractivity contribution in [3.8, 4) is 11.5 Å². The molecule has 0 radical (unpaired) electrons. The van der Waals surface area contributed by atoms with Crippen molar-refractivity contribution in [3.05, 3.63) is 23.8 Å². The zero-order valence-corrected chi connectivity index (χ0v) is 17.6. The molecule has 0 aliphatic carbocycles. The van der Waals surface area contributed by atoms with Gasteiger partial charge in [-0.2, -0.15) is 0 Å². The fourth-order valence-electron chi connectivity index (χ4n) is 3.13. The smallest absolute Gasteiger partial charge is 0.257 e. The third-order valence-corrected chi connectivity index (χ3v) is 4.79. The van der Waals surface area contributed by atoms with Crippen LogP contribution < -0.4 is 20.1 Å². The van der Waals surface area contributed by atoms with Crippen molar-refractivity contribution in [2.45, 2.75) is 40.2 Å². The normalized spacial score (nSPS) is 15.3. The van der Waals surface area contributed by atoms with Crippen LogP contribution in [0.4, 0.5) is 0 Å². The van der Waals surface area contributed by atoms with Gasteiger partial charge in [0.05, 0.1) is 13.7 Å². The molecule has 156 valence electrons. The van der Waals surface area contributed by atoms with Crippen LogP contribution in [0.5, 0.6) is 11.5 Å². The third-order valence-electron chi connectivity index (χ3n) is 4.79. The number of likely N-dealkylation sites (N-methyl/N-ethyl adjacent to an activating group) is 1. The summed E-state index contributed by atoms with van der Waals surface area (Å²) in [5.74, 6) is 2.76. The van der Waals surface area contributed by atoms with E-state index in [-0.39, 0.29) is 12.5 Å². The number of methoxy groups -OCH3 is 1. The van der Waals surface area contributed by atoms with Gasteiger partial charge in [0.25, 0.3) is 5.91 Å². The number of hydrogen-bond acceptors (Lipinski definition) is 4. The Balaban J connectivity index is 2.03. The molecule has 1 aromatic rings. The molecule has 1 fully saturated rings. The van der Waals surface area contributed by atoms with Gasteiger partial charge in [-0.15, -0.1) is 0 Å². The number of benzene rings is 1. The lowest BCUT2D eigenvalue weighted by Gasteiger charge is -2.33. The second-order valence-electron chi connectivity index (χ2n) is 7.07. The van der Waals surface area contributed by atoms with Gasteiger partial charge in [0.2, 0.25) is 0 Å². The van der Waals surface area contributed by atoms with Gasteiger partial charge in [0, 0.05) is 26.2 Å². The molecule has 0 unspecified atom stereocenters. The molecule has 7 heteroatoms. The van der Waals surface area contributed by atoms with Gasteiger partial charge in [-0.3, -0.25) is 4.79 Å². The SMILES string of the molecule is CCNC(=O)COc1ccc(CN=C(NCC)N2CCC(C)CC2)cc1OC. The summed E-state index contributed by atoms with van der Waals surface area (Å²) in [5, 5.41) is 6.11. The molecule has 0 aromatic heterocycles. The van der Waals surface area contributed by atoms with E-state index in [9.17, 15) is 4.79 Å². The van der Waals surface area contributed by atoms with Gasteiger partial charge in [-0.05, 0) is 50.3 Å². The molecular weight excluding hydrogens is 356 g/mol. The summed E-state index contributed by atoms with van der Waals surface area (Å²) in [4.78, 5) is 18.7. The van der Waals surface area contributed by atoms with Crippen molar-refractivity contribution >= 4 is 11.9 Å². The summed E-state index contributed by atoms with van der Waals surface area (Å²) >= 11 is 0. The molecule has 2 rings (SSSR count). The van der Waals surface area contributed by atoms with E-state index in [4.69, 9.17) is 14.5 Å². The van der Waals surface area contributed by atoms with Gasteiger partial charge in [-0.25, -0.2) is 4.99 Å². The Morgan fingerprint density at radius 1 is 1.18 bits per heavy atom. The Morgan fingerprint density at radius 3 is 2.54 bits per heavy atom. The molecule has 0 spiro atoms. The minimum atomic E-state index is -0.149. The van der Waals surface area contributed by atoms with Crippen molar-refractivity contribution in [2.75, 3.05) is 39.9 Å². The lowest BCUT2D eigenvalue weighted by Crippen LogP contribution is -2.45. The van der Waals surface area contributed by atoms with Crippen LogP contribution in [0.15, 0.2) is 23.2 Å². The molecule has 0 bridgehead atoms. The molecule has 1 aromatic carbocycles. The van der Waals surface area contributed by atoms with Crippen molar-refractivity contribution < 1.29 is 14.3 Å². The Hall–Kier alpha value is -2.44. The van der Waals surface area contributed by atoms with Crippen LogP contribution in [-0.2, 0) is 11.3 Å². The van der Waals surface area contributed by atoms with Crippen molar-refractivity contribution in [1.29, 1.82) is 0 Å². The van der Waals surface area contributed by atoms with Crippen LogP contribution in [0.25, 0.3) is 0 Å². The van der Waals surface area contributed by atoms with Gasteiger partial charge in [0.1, 0.15) is 0 Å². The van der Waals surface area contributed by atoms with Crippen molar-refractivity contribution in [1.82, 2.24) is 15.5 Å². The minimum absolute atomic E-state index is 0.0281. The molecule has 1 aliphatic heterocycles. The van der Waals surface area contributed by atoms with E-state index in [1.165, 1.54) is 12.8 Å². The largest absolute Gasteiger partial charge is 0.493 e. The van der Waals surface area contributed by atoms with E-state index in [0.717, 1.165) is 37.1 Å². The molecule has 2 N–H and O–H groups in total. The summed E-state index contributed by atoms with van der Waals surface area (Å²) in [7, 11) is 1.60. The number of hydrogen-bond donors (Lipinski definition) is 2. The molecule has 0 atom stereocenters. The summed E-state index contributed by atoms with van der Waals surface area (Å²) in [6, 6.07) is 5.71. The van der Waals surface area contributed by atoms with Crippen LogP contribution in [0.2, 0.25) is 0 Å². The monoisotopic (exact) mass is 390 g/mol. The van der Waals surface area contributed by atoms with E-state index >= 15 is 0 Å². The first kappa shape index (κ1) is 21.9. The van der Waals surface area contributed by atoms with Crippen LogP contribution in [0.3, 0.4) is 0 Å². The third kappa shape index (κ3) is 6.62. The molecule has 28 heavy (non-hydrogen) atoms. The quantitative estimate of drug-likeness (QED) is 0.527. The molecule has 7 nitrogen and oxygen atoms in total. The van der Waals surface area contributed by atoms with Crippen LogP contribution in [-0.4, -0.2) is 56.7 Å². The van der Waals surface area contributed by atoms with Gasteiger partial charge in [0.15, 0.2) is 24.1 Å². The summed E-state index contributed by atoms with van der Waals surface area (Å²) in [5.41, 5.74) is 1.03. The highest BCUT2D eigenvalue weighted by Gasteiger charge is 2.18. The summed E-state index contributed by atoms with van der Waals surface area (Å²) in [6.07, 6.45) is 2.41. The predicted octanol–water partition coefficient (Wildman–Crippen LogP) is 2.41. The maximum absolute atomic E-state index is 11.6. The Morgan fingerprint density at radius 2 is 1.89 bits per heavy atom.